The van der Waals surface area contributed by atoms with E-state index in [1.165, 1.54) is 25.1 Å². The predicted octanol–water partition coefficient (Wildman–Crippen LogP) is 3.74. The van der Waals surface area contributed by atoms with Crippen molar-refractivity contribution in [2.75, 3.05) is 36.8 Å². The first-order valence-corrected chi connectivity index (χ1v) is 11.2. The summed E-state index contributed by atoms with van der Waals surface area (Å²) in [5.41, 5.74) is 0.201. The van der Waals surface area contributed by atoms with Crippen molar-refractivity contribution in [1.82, 2.24) is 8.87 Å². The molecule has 2 fully saturated rings. The maximum Gasteiger partial charge on any atom is 0.341 e. The van der Waals surface area contributed by atoms with Gasteiger partial charge in [0.15, 0.2) is 0 Å². The first-order valence-electron chi connectivity index (χ1n) is 10.2. The zero-order chi connectivity index (χ0) is 20.5. The molecule has 6 nitrogen and oxygen atoms in total. The van der Waals surface area contributed by atoms with Gasteiger partial charge in [-0.05, 0) is 31.4 Å². The number of carboxylic acids is 1. The van der Waals surface area contributed by atoms with E-state index in [4.69, 9.17) is 0 Å². The number of fused-ring (bicyclic) bond motifs is 1. The normalized spacial score (nSPS) is 17.8. The number of unbranched alkanes of at least 4 members (excludes halogenated alkanes) is 1. The highest BCUT2D eigenvalue weighted by atomic mass is 32.2. The van der Waals surface area contributed by atoms with Gasteiger partial charge in [0.2, 0.25) is 5.43 Å². The number of benzene rings is 1. The Morgan fingerprint density at radius 2 is 1.97 bits per heavy atom. The number of carboxylic acid groups (broad SMARTS) is 1. The summed E-state index contributed by atoms with van der Waals surface area (Å²) in [7, 11) is 0. The van der Waals surface area contributed by atoms with Crippen molar-refractivity contribution < 1.29 is 14.3 Å². The molecule has 1 aliphatic carbocycles. The lowest BCUT2D eigenvalue weighted by Crippen LogP contribution is -2.44. The molecule has 1 saturated carbocycles. The number of carbonyl (C=O) groups is 1. The smallest absolute Gasteiger partial charge is 0.341 e. The van der Waals surface area contributed by atoms with Crippen LogP contribution in [0.15, 0.2) is 23.1 Å². The highest BCUT2D eigenvalue weighted by Crippen LogP contribution is 2.38. The van der Waals surface area contributed by atoms with Crippen molar-refractivity contribution in [2.24, 2.45) is 0 Å². The summed E-state index contributed by atoms with van der Waals surface area (Å²) in [4.78, 5) is 26.1. The van der Waals surface area contributed by atoms with Crippen LogP contribution in [0.25, 0.3) is 10.9 Å². The van der Waals surface area contributed by atoms with Gasteiger partial charge in [-0.3, -0.25) is 4.79 Å². The van der Waals surface area contributed by atoms with E-state index in [0.717, 1.165) is 44.8 Å². The van der Waals surface area contributed by atoms with Gasteiger partial charge in [-0.15, -0.1) is 0 Å². The molecule has 1 saturated heterocycles. The van der Waals surface area contributed by atoms with E-state index in [9.17, 15) is 19.1 Å². The lowest BCUT2D eigenvalue weighted by atomic mass is 10.1. The average Bonchev–Trinajstić information content (AvgIpc) is 3.54. The standard InChI is InChI=1S/C21H26FN3O3S/c1-2-3-10-29-24-8-6-23(7-9-24)19-12-18-15(11-17(19)22)20(26)16(21(27)28)13-25(18)14-4-5-14/h11-14H,2-10H2,1H3,(H,27,28). The molecule has 2 aromatic rings. The van der Waals surface area contributed by atoms with Gasteiger partial charge >= 0.3 is 5.97 Å². The third-order valence-corrected chi connectivity index (χ3v) is 6.82. The molecule has 4 rings (SSSR count). The molecule has 0 bridgehead atoms. The number of nitrogens with zero attached hydrogens (tertiary/aromatic N) is 3. The molecule has 0 amide bonds. The highest BCUT2D eigenvalue weighted by Gasteiger charge is 2.28. The van der Waals surface area contributed by atoms with E-state index in [2.05, 4.69) is 11.2 Å². The highest BCUT2D eigenvalue weighted by molar-refractivity contribution is 7.97. The molecule has 1 N–H and O–H groups in total. The van der Waals surface area contributed by atoms with E-state index < -0.39 is 17.2 Å². The van der Waals surface area contributed by atoms with Crippen LogP contribution in [-0.4, -0.2) is 51.9 Å². The number of pyridine rings is 1. The maximum absolute atomic E-state index is 15.0. The number of aromatic nitrogens is 1. The Morgan fingerprint density at radius 1 is 1.24 bits per heavy atom. The average molecular weight is 420 g/mol. The van der Waals surface area contributed by atoms with Gasteiger partial charge in [0.25, 0.3) is 0 Å². The molecule has 1 aliphatic heterocycles. The zero-order valence-electron chi connectivity index (χ0n) is 16.6. The maximum atomic E-state index is 15.0. The molecular formula is C21H26FN3O3S. The minimum atomic E-state index is -1.27. The monoisotopic (exact) mass is 419 g/mol. The lowest BCUT2D eigenvalue weighted by Gasteiger charge is -2.35. The molecule has 0 unspecified atom stereocenters. The van der Waals surface area contributed by atoms with Crippen LogP contribution in [0.1, 0.15) is 49.0 Å². The summed E-state index contributed by atoms with van der Waals surface area (Å²) >= 11 is 1.86. The molecule has 8 heteroatoms. The predicted molar refractivity (Wildman–Crippen MR) is 115 cm³/mol. The summed E-state index contributed by atoms with van der Waals surface area (Å²) in [6, 6.07) is 3.14. The summed E-state index contributed by atoms with van der Waals surface area (Å²) in [5, 5.41) is 9.50. The van der Waals surface area contributed by atoms with Crippen LogP contribution in [0.4, 0.5) is 10.1 Å². The van der Waals surface area contributed by atoms with Gasteiger partial charge in [-0.2, -0.15) is 0 Å². The van der Waals surface area contributed by atoms with Gasteiger partial charge in [0.05, 0.1) is 11.2 Å². The van der Waals surface area contributed by atoms with Crippen LogP contribution in [0.2, 0.25) is 0 Å². The van der Waals surface area contributed by atoms with Gasteiger partial charge in [0.1, 0.15) is 11.4 Å². The van der Waals surface area contributed by atoms with Crippen LogP contribution in [0, 0.1) is 5.82 Å². The molecule has 156 valence electrons. The fourth-order valence-corrected chi connectivity index (χ4v) is 4.90. The second-order valence-corrected chi connectivity index (χ2v) is 8.92. The van der Waals surface area contributed by atoms with Crippen LogP contribution >= 0.6 is 11.9 Å². The molecule has 29 heavy (non-hydrogen) atoms. The molecule has 0 spiro atoms. The van der Waals surface area contributed by atoms with Crippen LogP contribution < -0.4 is 10.3 Å². The minimum Gasteiger partial charge on any atom is -0.477 e. The largest absolute Gasteiger partial charge is 0.477 e. The number of piperazine rings is 1. The summed E-state index contributed by atoms with van der Waals surface area (Å²) in [6.07, 6.45) is 5.69. The Bertz CT molecular complexity index is 981. The van der Waals surface area contributed by atoms with Gasteiger partial charge < -0.3 is 14.6 Å². The SMILES string of the molecule is CCCCSN1CCN(c2cc3c(cc2F)c(=O)c(C(=O)O)cn3C2CC2)CC1. The van der Waals surface area contributed by atoms with E-state index in [1.807, 2.05) is 21.4 Å². The third kappa shape index (κ3) is 4.14. The Hall–Kier alpha value is -2.06. The van der Waals surface area contributed by atoms with Crippen LogP contribution in [0.5, 0.6) is 0 Å². The molecule has 0 radical (unpaired) electrons. The lowest BCUT2D eigenvalue weighted by molar-refractivity contribution is 0.0695. The summed E-state index contributed by atoms with van der Waals surface area (Å²) < 4.78 is 19.1. The van der Waals surface area contributed by atoms with E-state index in [1.54, 1.807) is 6.07 Å². The third-order valence-electron chi connectivity index (χ3n) is 5.62. The van der Waals surface area contributed by atoms with Crippen LogP contribution in [-0.2, 0) is 0 Å². The van der Waals surface area contributed by atoms with Gasteiger partial charge in [-0.1, -0.05) is 25.3 Å². The Kier molecular flexibility index (Phi) is 5.83. The van der Waals surface area contributed by atoms with Crippen molar-refractivity contribution in [1.29, 1.82) is 0 Å². The topological polar surface area (TPSA) is 65.8 Å². The zero-order valence-corrected chi connectivity index (χ0v) is 17.4. The summed E-state index contributed by atoms with van der Waals surface area (Å²) in [5.74, 6) is -0.625. The van der Waals surface area contributed by atoms with Crippen LogP contribution in [0.3, 0.4) is 0 Å². The second-order valence-electron chi connectivity index (χ2n) is 7.74. The number of aromatic carboxylic acids is 1. The second kappa shape index (κ2) is 8.36. The first kappa shape index (κ1) is 20.2. The molecule has 0 atom stereocenters. The Labute approximate surface area is 173 Å². The Morgan fingerprint density at radius 3 is 2.59 bits per heavy atom. The van der Waals surface area contributed by atoms with Crippen molar-refractivity contribution in [3.8, 4) is 0 Å². The van der Waals surface area contributed by atoms with Crippen molar-refractivity contribution in [2.45, 2.75) is 38.6 Å². The van der Waals surface area contributed by atoms with Crippen molar-refractivity contribution >= 4 is 34.5 Å². The van der Waals surface area contributed by atoms with E-state index in [0.29, 0.717) is 11.2 Å². The fraction of sp³-hybridized carbons (Fsp3) is 0.524. The van der Waals surface area contributed by atoms with Crippen molar-refractivity contribution in [3.05, 3.63) is 39.9 Å². The summed E-state index contributed by atoms with van der Waals surface area (Å²) in [6.45, 7) is 5.35. The van der Waals surface area contributed by atoms with E-state index in [-0.39, 0.29) is 17.0 Å². The number of anilines is 1. The van der Waals surface area contributed by atoms with Gasteiger partial charge in [-0.25, -0.2) is 13.5 Å². The molecule has 1 aromatic carbocycles. The van der Waals surface area contributed by atoms with Gasteiger partial charge in [0, 0.05) is 49.6 Å². The fourth-order valence-electron chi connectivity index (χ4n) is 3.80. The molecular weight excluding hydrogens is 393 g/mol. The molecule has 1 aromatic heterocycles. The quantitative estimate of drug-likeness (QED) is 0.545. The molecule has 2 heterocycles. The minimum absolute atomic E-state index is 0.145. The number of hydrogen-bond acceptors (Lipinski definition) is 5. The molecule has 2 aliphatic rings. The number of halogens is 1. The van der Waals surface area contributed by atoms with Crippen molar-refractivity contribution in [3.63, 3.8) is 0 Å². The first-order chi connectivity index (χ1) is 14.0. The number of hydrogen-bond donors (Lipinski definition) is 1. The number of rotatable bonds is 7. The Balaban J connectivity index is 1.64. The van der Waals surface area contributed by atoms with E-state index >= 15 is 0 Å².